The third-order valence-corrected chi connectivity index (χ3v) is 5.89. The highest BCUT2D eigenvalue weighted by atomic mass is 32.2. The zero-order valence-corrected chi connectivity index (χ0v) is 12.0. The minimum atomic E-state index is -0.239. The maximum Gasteiger partial charge on any atom is 0.267 e. The molecule has 6 heteroatoms. The summed E-state index contributed by atoms with van der Waals surface area (Å²) in [4.78, 5) is 29.0. The lowest BCUT2D eigenvalue weighted by Crippen LogP contribution is -2.47. The van der Waals surface area contributed by atoms with E-state index in [1.807, 2.05) is 0 Å². The zero-order chi connectivity index (χ0) is 13.7. The van der Waals surface area contributed by atoms with Gasteiger partial charge in [-0.2, -0.15) is 0 Å². The Hall–Kier alpha value is -1.30. The lowest BCUT2D eigenvalue weighted by atomic mass is 9.93. The van der Waals surface area contributed by atoms with Gasteiger partial charge in [0.15, 0.2) is 5.16 Å². The van der Waals surface area contributed by atoms with E-state index in [-0.39, 0.29) is 22.6 Å². The number of aromatic nitrogens is 2. The minimum Gasteiger partial charge on any atom is -0.346 e. The first-order valence-corrected chi connectivity index (χ1v) is 8.21. The molecule has 2 aliphatic carbocycles. The van der Waals surface area contributed by atoms with E-state index in [1.54, 1.807) is 16.3 Å². The van der Waals surface area contributed by atoms with Crippen molar-refractivity contribution in [2.45, 2.75) is 49.3 Å². The molecule has 2 bridgehead atoms. The zero-order valence-electron chi connectivity index (χ0n) is 11.2. The van der Waals surface area contributed by atoms with E-state index >= 15 is 0 Å². The lowest BCUT2D eigenvalue weighted by molar-refractivity contribution is 0.0898. The molecule has 0 spiro atoms. The molecule has 1 aromatic heterocycles. The number of hydrogen-bond acceptors (Lipinski definition) is 4. The molecule has 2 fully saturated rings. The number of carbonyl (C=O) groups is 1. The average Bonchev–Trinajstić information content (AvgIpc) is 3.13. The largest absolute Gasteiger partial charge is 0.346 e. The third-order valence-electron chi connectivity index (χ3n) is 4.92. The molecule has 0 aromatic carbocycles. The fourth-order valence-corrected chi connectivity index (χ4v) is 4.76. The predicted octanol–water partition coefficient (Wildman–Crippen LogP) is 1.41. The number of thioether (sulfide) groups is 1. The molecule has 1 N–H and O–H groups in total. The predicted molar refractivity (Wildman–Crippen MR) is 76.0 cm³/mol. The molecule has 2 saturated carbocycles. The first-order chi connectivity index (χ1) is 9.67. The van der Waals surface area contributed by atoms with Gasteiger partial charge < -0.3 is 5.32 Å². The van der Waals surface area contributed by atoms with Gasteiger partial charge in [0.2, 0.25) is 0 Å². The molecule has 2 heterocycles. The van der Waals surface area contributed by atoms with E-state index < -0.39 is 0 Å². The van der Waals surface area contributed by atoms with Gasteiger partial charge in [0.1, 0.15) is 5.56 Å². The minimum absolute atomic E-state index is 0.0490. The second-order valence-corrected chi connectivity index (χ2v) is 7.20. The Morgan fingerprint density at radius 2 is 2.25 bits per heavy atom. The van der Waals surface area contributed by atoms with Gasteiger partial charge >= 0.3 is 0 Å². The molecule has 0 saturated heterocycles. The second kappa shape index (κ2) is 4.35. The molecule has 106 valence electrons. The summed E-state index contributed by atoms with van der Waals surface area (Å²) in [5.74, 6) is 1.39. The van der Waals surface area contributed by atoms with Crippen LogP contribution < -0.4 is 10.9 Å². The molecule has 1 aliphatic heterocycles. The van der Waals surface area contributed by atoms with Crippen molar-refractivity contribution in [1.29, 1.82) is 0 Å². The Labute approximate surface area is 121 Å². The number of nitrogens with one attached hydrogen (secondary N) is 1. The van der Waals surface area contributed by atoms with E-state index in [4.69, 9.17) is 0 Å². The molecule has 3 aliphatic rings. The summed E-state index contributed by atoms with van der Waals surface area (Å²) in [5.41, 5.74) is -0.0467. The monoisotopic (exact) mass is 291 g/mol. The highest BCUT2D eigenvalue weighted by Gasteiger charge is 2.46. The van der Waals surface area contributed by atoms with Crippen LogP contribution in [0, 0.1) is 5.92 Å². The number of amides is 1. The third kappa shape index (κ3) is 1.81. The van der Waals surface area contributed by atoms with Crippen molar-refractivity contribution in [3.05, 3.63) is 22.1 Å². The van der Waals surface area contributed by atoms with Crippen LogP contribution in [0.5, 0.6) is 0 Å². The summed E-state index contributed by atoms with van der Waals surface area (Å²) in [6.45, 7) is 0.653. The molecular weight excluding hydrogens is 274 g/mol. The van der Waals surface area contributed by atoms with Crippen molar-refractivity contribution < 1.29 is 4.79 Å². The van der Waals surface area contributed by atoms with E-state index in [0.717, 1.165) is 36.1 Å². The molecule has 0 unspecified atom stereocenters. The van der Waals surface area contributed by atoms with E-state index in [1.165, 1.54) is 19.0 Å². The van der Waals surface area contributed by atoms with Crippen LogP contribution in [0.4, 0.5) is 0 Å². The Morgan fingerprint density at radius 1 is 1.45 bits per heavy atom. The lowest BCUT2D eigenvalue weighted by Gasteiger charge is -2.27. The fraction of sp³-hybridized carbons (Fsp3) is 0.643. The highest BCUT2D eigenvalue weighted by molar-refractivity contribution is 7.99. The SMILES string of the molecule is O=C(NC12CCC(CC1)C2)c1cnc2n(c1=O)CCS2. The van der Waals surface area contributed by atoms with Crippen LogP contribution >= 0.6 is 11.8 Å². The first-order valence-electron chi connectivity index (χ1n) is 7.22. The highest BCUT2D eigenvalue weighted by Crippen LogP contribution is 2.47. The standard InChI is InChI=1S/C14H17N3O2S/c18-11(16-14-3-1-9(7-14)2-4-14)10-8-15-13-17(12(10)19)5-6-20-13/h8-9H,1-7H2,(H,16,18). The fourth-order valence-electron chi connectivity index (χ4n) is 3.85. The quantitative estimate of drug-likeness (QED) is 0.837. The van der Waals surface area contributed by atoms with Crippen LogP contribution in [0.2, 0.25) is 0 Å². The van der Waals surface area contributed by atoms with E-state index in [2.05, 4.69) is 10.3 Å². The van der Waals surface area contributed by atoms with Gasteiger partial charge in [0.25, 0.3) is 11.5 Å². The molecule has 5 nitrogen and oxygen atoms in total. The van der Waals surface area contributed by atoms with Crippen molar-refractivity contribution >= 4 is 17.7 Å². The molecule has 1 aromatic rings. The van der Waals surface area contributed by atoms with Gasteiger partial charge in [0.05, 0.1) is 0 Å². The Balaban J connectivity index is 1.62. The smallest absolute Gasteiger partial charge is 0.267 e. The van der Waals surface area contributed by atoms with Gasteiger partial charge in [-0.3, -0.25) is 14.2 Å². The second-order valence-electron chi connectivity index (χ2n) is 6.14. The average molecular weight is 291 g/mol. The van der Waals surface area contributed by atoms with Crippen molar-refractivity contribution in [2.24, 2.45) is 5.92 Å². The van der Waals surface area contributed by atoms with Crippen LogP contribution in [0.25, 0.3) is 0 Å². The molecule has 1 amide bonds. The normalized spacial score (nSPS) is 30.5. The summed E-state index contributed by atoms with van der Waals surface area (Å²) in [7, 11) is 0. The topological polar surface area (TPSA) is 64.0 Å². The van der Waals surface area contributed by atoms with Crippen LogP contribution in [-0.4, -0.2) is 26.8 Å². The first kappa shape index (κ1) is 12.4. The molecule has 0 radical (unpaired) electrons. The van der Waals surface area contributed by atoms with Crippen molar-refractivity contribution in [2.75, 3.05) is 5.75 Å². The Kier molecular flexibility index (Phi) is 2.70. The van der Waals surface area contributed by atoms with Crippen LogP contribution in [0.1, 0.15) is 42.5 Å². The van der Waals surface area contributed by atoms with E-state index in [0.29, 0.717) is 6.54 Å². The number of fused-ring (bicyclic) bond motifs is 3. The Morgan fingerprint density at radius 3 is 2.95 bits per heavy atom. The number of rotatable bonds is 2. The number of hydrogen-bond donors (Lipinski definition) is 1. The summed E-state index contributed by atoms with van der Waals surface area (Å²) in [6, 6.07) is 0. The summed E-state index contributed by atoms with van der Waals surface area (Å²) in [5, 5.41) is 3.86. The molecular formula is C14H17N3O2S. The van der Waals surface area contributed by atoms with Crippen molar-refractivity contribution in [3.8, 4) is 0 Å². The van der Waals surface area contributed by atoms with Crippen molar-refractivity contribution in [3.63, 3.8) is 0 Å². The van der Waals surface area contributed by atoms with Crippen LogP contribution in [-0.2, 0) is 6.54 Å². The van der Waals surface area contributed by atoms with Crippen LogP contribution in [0.15, 0.2) is 16.1 Å². The van der Waals surface area contributed by atoms with Gasteiger partial charge in [-0.15, -0.1) is 0 Å². The maximum absolute atomic E-state index is 12.4. The Bertz CT molecular complexity index is 632. The molecule has 0 atom stereocenters. The van der Waals surface area contributed by atoms with Crippen molar-refractivity contribution in [1.82, 2.24) is 14.9 Å². The number of nitrogens with zero attached hydrogens (tertiary/aromatic N) is 2. The molecule has 4 rings (SSSR count). The van der Waals surface area contributed by atoms with Gasteiger partial charge in [-0.25, -0.2) is 4.98 Å². The number of carbonyl (C=O) groups excluding carboxylic acids is 1. The maximum atomic E-state index is 12.4. The van der Waals surface area contributed by atoms with Gasteiger partial charge in [-0.1, -0.05) is 11.8 Å². The summed E-state index contributed by atoms with van der Waals surface area (Å²) >= 11 is 1.57. The van der Waals surface area contributed by atoms with Gasteiger partial charge in [0, 0.05) is 24.0 Å². The molecule has 20 heavy (non-hydrogen) atoms. The van der Waals surface area contributed by atoms with Gasteiger partial charge in [-0.05, 0) is 38.0 Å². The van der Waals surface area contributed by atoms with Crippen LogP contribution in [0.3, 0.4) is 0 Å². The summed E-state index contributed by atoms with van der Waals surface area (Å²) < 4.78 is 1.61. The van der Waals surface area contributed by atoms with E-state index in [9.17, 15) is 9.59 Å². The summed E-state index contributed by atoms with van der Waals surface area (Å²) in [6.07, 6.45) is 7.04.